The first kappa shape index (κ1) is 14.5. The van der Waals surface area contributed by atoms with Crippen molar-refractivity contribution in [3.63, 3.8) is 0 Å². The van der Waals surface area contributed by atoms with Crippen LogP contribution in [0.4, 0.5) is 0 Å². The molecule has 0 amide bonds. The van der Waals surface area contributed by atoms with Crippen molar-refractivity contribution in [2.75, 3.05) is 0 Å². The normalized spacial score (nSPS) is 12.5. The smallest absolute Gasteiger partial charge is 0.138 e. The van der Waals surface area contributed by atoms with Gasteiger partial charge in [-0.1, -0.05) is 6.07 Å². The van der Waals surface area contributed by atoms with Crippen LogP contribution in [-0.2, 0) is 0 Å². The van der Waals surface area contributed by atoms with Gasteiger partial charge in [0.2, 0.25) is 0 Å². The molecule has 0 aromatic carbocycles. The maximum absolute atomic E-state index is 6.31. The molecule has 2 aromatic rings. The number of ether oxygens (including phenoxy) is 1. The van der Waals surface area contributed by atoms with Gasteiger partial charge in [-0.25, -0.2) is 0 Å². The number of nitrogens with zero attached hydrogens (tertiary/aromatic N) is 2. The first-order valence-corrected chi connectivity index (χ1v) is 6.77. The second-order valence-corrected chi connectivity index (χ2v) is 5.31. The standard InChI is InChI=1S/C16H21N3O/c1-10(2)20-14-6-13(8-18-9-14)15(17)16-12(4)5-11(3)7-19-16/h5-10,15H,17H2,1-4H3. The number of aryl methyl sites for hydroxylation is 2. The largest absolute Gasteiger partial charge is 0.489 e. The molecule has 0 saturated heterocycles. The zero-order valence-corrected chi connectivity index (χ0v) is 12.4. The van der Waals surface area contributed by atoms with E-state index in [-0.39, 0.29) is 12.1 Å². The van der Waals surface area contributed by atoms with Gasteiger partial charge in [0.1, 0.15) is 5.75 Å². The predicted molar refractivity (Wildman–Crippen MR) is 79.7 cm³/mol. The van der Waals surface area contributed by atoms with Crippen LogP contribution in [0.1, 0.15) is 42.3 Å². The molecular formula is C16H21N3O. The number of rotatable bonds is 4. The molecule has 0 fully saturated rings. The van der Waals surface area contributed by atoms with Gasteiger partial charge in [0.15, 0.2) is 0 Å². The summed E-state index contributed by atoms with van der Waals surface area (Å²) in [5.74, 6) is 0.734. The second-order valence-electron chi connectivity index (χ2n) is 5.31. The van der Waals surface area contributed by atoms with E-state index in [0.29, 0.717) is 0 Å². The molecule has 0 saturated carbocycles. The molecule has 2 heterocycles. The van der Waals surface area contributed by atoms with E-state index in [1.807, 2.05) is 40.0 Å². The minimum Gasteiger partial charge on any atom is -0.489 e. The average molecular weight is 271 g/mol. The van der Waals surface area contributed by atoms with Gasteiger partial charge < -0.3 is 10.5 Å². The van der Waals surface area contributed by atoms with E-state index in [1.165, 1.54) is 0 Å². The fraction of sp³-hybridized carbons (Fsp3) is 0.375. The highest BCUT2D eigenvalue weighted by atomic mass is 16.5. The molecule has 20 heavy (non-hydrogen) atoms. The molecule has 2 N–H and O–H groups in total. The average Bonchev–Trinajstić information content (AvgIpc) is 2.37. The first-order valence-electron chi connectivity index (χ1n) is 6.77. The maximum Gasteiger partial charge on any atom is 0.138 e. The van der Waals surface area contributed by atoms with Crippen molar-refractivity contribution < 1.29 is 4.74 Å². The summed E-state index contributed by atoms with van der Waals surface area (Å²) >= 11 is 0. The Morgan fingerprint density at radius 2 is 1.85 bits per heavy atom. The van der Waals surface area contributed by atoms with Crippen LogP contribution in [0.15, 0.2) is 30.7 Å². The molecule has 0 aliphatic carbocycles. The summed E-state index contributed by atoms with van der Waals surface area (Å²) in [5, 5.41) is 0. The van der Waals surface area contributed by atoms with Crippen molar-refractivity contribution in [2.45, 2.75) is 39.8 Å². The van der Waals surface area contributed by atoms with Crippen molar-refractivity contribution in [3.8, 4) is 5.75 Å². The predicted octanol–water partition coefficient (Wildman–Crippen LogP) is 2.93. The van der Waals surface area contributed by atoms with Gasteiger partial charge in [-0.3, -0.25) is 9.97 Å². The fourth-order valence-electron chi connectivity index (χ4n) is 2.15. The van der Waals surface area contributed by atoms with Crippen LogP contribution in [0.2, 0.25) is 0 Å². The van der Waals surface area contributed by atoms with Crippen molar-refractivity contribution >= 4 is 0 Å². The summed E-state index contributed by atoms with van der Waals surface area (Å²) in [6.45, 7) is 8.02. The number of hydrogen-bond donors (Lipinski definition) is 1. The Labute approximate surface area is 120 Å². The Hall–Kier alpha value is -1.94. The van der Waals surface area contributed by atoms with Gasteiger partial charge in [0.05, 0.1) is 24.0 Å². The van der Waals surface area contributed by atoms with E-state index >= 15 is 0 Å². The zero-order valence-electron chi connectivity index (χ0n) is 12.4. The first-order chi connectivity index (χ1) is 9.47. The number of nitrogens with two attached hydrogens (primary N) is 1. The van der Waals surface area contributed by atoms with Crippen molar-refractivity contribution in [3.05, 3.63) is 53.1 Å². The van der Waals surface area contributed by atoms with Crippen LogP contribution in [0.3, 0.4) is 0 Å². The molecule has 1 unspecified atom stereocenters. The van der Waals surface area contributed by atoms with Gasteiger partial charge in [0.25, 0.3) is 0 Å². The number of hydrogen-bond acceptors (Lipinski definition) is 4. The molecule has 4 nitrogen and oxygen atoms in total. The summed E-state index contributed by atoms with van der Waals surface area (Å²) in [5.41, 5.74) is 10.3. The lowest BCUT2D eigenvalue weighted by atomic mass is 10.0. The summed E-state index contributed by atoms with van der Waals surface area (Å²) < 4.78 is 5.65. The Bertz CT molecular complexity index is 596. The van der Waals surface area contributed by atoms with Crippen LogP contribution in [0, 0.1) is 13.8 Å². The fourth-order valence-corrected chi connectivity index (χ4v) is 2.15. The van der Waals surface area contributed by atoms with Gasteiger partial charge in [0, 0.05) is 12.4 Å². The molecule has 0 aliphatic rings. The van der Waals surface area contributed by atoms with Gasteiger partial charge in [-0.2, -0.15) is 0 Å². The number of pyridine rings is 2. The second kappa shape index (κ2) is 6.01. The molecule has 0 radical (unpaired) electrons. The third kappa shape index (κ3) is 3.33. The molecule has 0 bridgehead atoms. The van der Waals surface area contributed by atoms with Gasteiger partial charge >= 0.3 is 0 Å². The summed E-state index contributed by atoms with van der Waals surface area (Å²) in [4.78, 5) is 8.65. The summed E-state index contributed by atoms with van der Waals surface area (Å²) in [6.07, 6.45) is 5.41. The van der Waals surface area contributed by atoms with Crippen LogP contribution >= 0.6 is 0 Å². The van der Waals surface area contributed by atoms with E-state index in [1.54, 1.807) is 12.4 Å². The SMILES string of the molecule is Cc1cnc(C(N)c2cncc(OC(C)C)c2)c(C)c1. The molecule has 0 spiro atoms. The third-order valence-electron chi connectivity index (χ3n) is 3.02. The van der Waals surface area contributed by atoms with Crippen molar-refractivity contribution in [2.24, 2.45) is 5.73 Å². The van der Waals surface area contributed by atoms with E-state index < -0.39 is 0 Å². The van der Waals surface area contributed by atoms with Crippen LogP contribution < -0.4 is 10.5 Å². The molecule has 2 aromatic heterocycles. The minimum absolute atomic E-state index is 0.113. The Kier molecular flexibility index (Phi) is 4.35. The van der Waals surface area contributed by atoms with E-state index in [2.05, 4.69) is 16.0 Å². The highest BCUT2D eigenvalue weighted by Gasteiger charge is 2.14. The van der Waals surface area contributed by atoms with E-state index in [9.17, 15) is 0 Å². The van der Waals surface area contributed by atoms with Crippen LogP contribution in [0.5, 0.6) is 5.75 Å². The number of aromatic nitrogens is 2. The molecule has 4 heteroatoms. The highest BCUT2D eigenvalue weighted by Crippen LogP contribution is 2.23. The topological polar surface area (TPSA) is 61.0 Å². The quantitative estimate of drug-likeness (QED) is 0.928. The van der Waals surface area contributed by atoms with E-state index in [4.69, 9.17) is 10.5 Å². The molecular weight excluding hydrogens is 250 g/mol. The maximum atomic E-state index is 6.31. The summed E-state index contributed by atoms with van der Waals surface area (Å²) in [6, 6.07) is 3.72. The molecule has 2 rings (SSSR count). The Balaban J connectivity index is 2.30. The minimum atomic E-state index is -0.293. The van der Waals surface area contributed by atoms with Crippen LogP contribution in [-0.4, -0.2) is 16.1 Å². The lowest BCUT2D eigenvalue weighted by molar-refractivity contribution is 0.241. The zero-order chi connectivity index (χ0) is 14.7. The highest BCUT2D eigenvalue weighted by molar-refractivity contribution is 5.35. The molecule has 0 aliphatic heterocycles. The lowest BCUT2D eigenvalue weighted by Crippen LogP contribution is -2.16. The molecule has 1 atom stereocenters. The molecule has 106 valence electrons. The van der Waals surface area contributed by atoms with Gasteiger partial charge in [-0.15, -0.1) is 0 Å². The van der Waals surface area contributed by atoms with Crippen molar-refractivity contribution in [1.82, 2.24) is 9.97 Å². The monoisotopic (exact) mass is 271 g/mol. The third-order valence-corrected chi connectivity index (χ3v) is 3.02. The van der Waals surface area contributed by atoms with Crippen molar-refractivity contribution in [1.29, 1.82) is 0 Å². The summed E-state index contributed by atoms with van der Waals surface area (Å²) in [7, 11) is 0. The lowest BCUT2D eigenvalue weighted by Gasteiger charge is -2.16. The Morgan fingerprint density at radius 1 is 1.10 bits per heavy atom. The van der Waals surface area contributed by atoms with Gasteiger partial charge in [-0.05, 0) is 50.5 Å². The van der Waals surface area contributed by atoms with Crippen LogP contribution in [0.25, 0.3) is 0 Å². The van der Waals surface area contributed by atoms with E-state index in [0.717, 1.165) is 28.1 Å². The Morgan fingerprint density at radius 3 is 2.50 bits per heavy atom.